The highest BCUT2D eigenvalue weighted by molar-refractivity contribution is 5.55. The molecular weight excluding hydrogens is 208 g/mol. The van der Waals surface area contributed by atoms with E-state index < -0.39 is 0 Å². The highest BCUT2D eigenvalue weighted by atomic mass is 15.1. The molecule has 1 aliphatic heterocycles. The summed E-state index contributed by atoms with van der Waals surface area (Å²) < 4.78 is 0. The topological polar surface area (TPSA) is 15.3 Å². The number of piperidine rings is 1. The van der Waals surface area contributed by atoms with Gasteiger partial charge in [-0.05, 0) is 44.4 Å². The van der Waals surface area contributed by atoms with Crippen LogP contribution < -0.4 is 10.2 Å². The third kappa shape index (κ3) is 2.81. The Hall–Kier alpha value is -1.02. The zero-order chi connectivity index (χ0) is 12.3. The Kier molecular flexibility index (Phi) is 4.06. The summed E-state index contributed by atoms with van der Waals surface area (Å²) in [6.45, 7) is 6.99. The van der Waals surface area contributed by atoms with Gasteiger partial charge in [0.05, 0.1) is 0 Å². The molecule has 1 saturated heterocycles. The van der Waals surface area contributed by atoms with E-state index in [4.69, 9.17) is 0 Å². The fraction of sp³-hybridized carbons (Fsp3) is 0.600. The SMILES string of the molecule is CNC(C)c1ccccc1N1CCC(C)CC1. The molecule has 0 saturated carbocycles. The molecule has 2 nitrogen and oxygen atoms in total. The van der Waals surface area contributed by atoms with E-state index in [1.165, 1.54) is 37.2 Å². The molecule has 2 heteroatoms. The van der Waals surface area contributed by atoms with Crippen LogP contribution in [0.15, 0.2) is 24.3 Å². The first kappa shape index (κ1) is 12.4. The Balaban J connectivity index is 2.19. The third-order valence-corrected chi connectivity index (χ3v) is 3.96. The van der Waals surface area contributed by atoms with E-state index in [-0.39, 0.29) is 0 Å². The average molecular weight is 232 g/mol. The van der Waals surface area contributed by atoms with Gasteiger partial charge >= 0.3 is 0 Å². The molecule has 1 aromatic carbocycles. The summed E-state index contributed by atoms with van der Waals surface area (Å²) in [5, 5.41) is 3.34. The van der Waals surface area contributed by atoms with Crippen molar-refractivity contribution in [2.24, 2.45) is 5.92 Å². The molecule has 1 N–H and O–H groups in total. The Bertz CT molecular complexity index is 354. The minimum atomic E-state index is 0.422. The van der Waals surface area contributed by atoms with Gasteiger partial charge in [-0.15, -0.1) is 0 Å². The van der Waals surface area contributed by atoms with E-state index in [0.29, 0.717) is 6.04 Å². The van der Waals surface area contributed by atoms with Gasteiger partial charge in [-0.2, -0.15) is 0 Å². The number of anilines is 1. The van der Waals surface area contributed by atoms with Gasteiger partial charge in [0.15, 0.2) is 0 Å². The molecule has 2 rings (SSSR count). The lowest BCUT2D eigenvalue weighted by molar-refractivity contribution is 0.437. The summed E-state index contributed by atoms with van der Waals surface area (Å²) in [6, 6.07) is 9.22. The van der Waals surface area contributed by atoms with Crippen molar-refractivity contribution in [3.8, 4) is 0 Å². The van der Waals surface area contributed by atoms with Crippen LogP contribution in [-0.2, 0) is 0 Å². The molecule has 1 unspecified atom stereocenters. The molecule has 0 radical (unpaired) electrons. The first-order valence-electron chi connectivity index (χ1n) is 6.73. The van der Waals surface area contributed by atoms with Crippen LogP contribution >= 0.6 is 0 Å². The highest BCUT2D eigenvalue weighted by Gasteiger charge is 2.19. The van der Waals surface area contributed by atoms with Crippen LogP contribution in [0, 0.1) is 5.92 Å². The molecule has 1 aromatic rings. The van der Waals surface area contributed by atoms with Crippen LogP contribution in [0.5, 0.6) is 0 Å². The van der Waals surface area contributed by atoms with Crippen LogP contribution in [0.2, 0.25) is 0 Å². The predicted octanol–water partition coefficient (Wildman–Crippen LogP) is 3.20. The smallest absolute Gasteiger partial charge is 0.0414 e. The van der Waals surface area contributed by atoms with Gasteiger partial charge < -0.3 is 10.2 Å². The van der Waals surface area contributed by atoms with Crippen molar-refractivity contribution in [3.05, 3.63) is 29.8 Å². The second-order valence-electron chi connectivity index (χ2n) is 5.24. The Morgan fingerprint density at radius 3 is 2.53 bits per heavy atom. The van der Waals surface area contributed by atoms with E-state index in [9.17, 15) is 0 Å². The maximum atomic E-state index is 3.34. The molecule has 94 valence electrons. The van der Waals surface area contributed by atoms with Gasteiger partial charge in [0.25, 0.3) is 0 Å². The van der Waals surface area contributed by atoms with Crippen molar-refractivity contribution in [2.45, 2.75) is 32.7 Å². The van der Waals surface area contributed by atoms with Gasteiger partial charge in [0, 0.05) is 24.8 Å². The summed E-state index contributed by atoms with van der Waals surface area (Å²) in [4.78, 5) is 2.54. The minimum Gasteiger partial charge on any atom is -0.371 e. The summed E-state index contributed by atoms with van der Waals surface area (Å²) in [5.74, 6) is 0.889. The maximum Gasteiger partial charge on any atom is 0.0414 e. The van der Waals surface area contributed by atoms with Crippen molar-refractivity contribution in [1.82, 2.24) is 5.32 Å². The predicted molar refractivity (Wildman–Crippen MR) is 74.5 cm³/mol. The maximum absolute atomic E-state index is 3.34. The van der Waals surface area contributed by atoms with Crippen molar-refractivity contribution in [1.29, 1.82) is 0 Å². The first-order chi connectivity index (χ1) is 8.22. The van der Waals surface area contributed by atoms with Crippen LogP contribution in [0.4, 0.5) is 5.69 Å². The van der Waals surface area contributed by atoms with Gasteiger partial charge in [-0.1, -0.05) is 25.1 Å². The van der Waals surface area contributed by atoms with E-state index in [2.05, 4.69) is 48.3 Å². The first-order valence-corrected chi connectivity index (χ1v) is 6.73. The van der Waals surface area contributed by atoms with Crippen LogP contribution in [0.1, 0.15) is 38.3 Å². The number of nitrogens with one attached hydrogen (secondary N) is 1. The molecule has 1 fully saturated rings. The third-order valence-electron chi connectivity index (χ3n) is 3.96. The highest BCUT2D eigenvalue weighted by Crippen LogP contribution is 2.29. The average Bonchev–Trinajstić information content (AvgIpc) is 2.39. The quantitative estimate of drug-likeness (QED) is 0.861. The van der Waals surface area contributed by atoms with Crippen LogP contribution in [-0.4, -0.2) is 20.1 Å². The lowest BCUT2D eigenvalue weighted by Gasteiger charge is -2.34. The lowest BCUT2D eigenvalue weighted by Crippen LogP contribution is -2.34. The monoisotopic (exact) mass is 232 g/mol. The van der Waals surface area contributed by atoms with Crippen molar-refractivity contribution >= 4 is 5.69 Å². The lowest BCUT2D eigenvalue weighted by atomic mass is 9.97. The zero-order valence-electron chi connectivity index (χ0n) is 11.2. The standard InChI is InChI=1S/C15H24N2/c1-12-8-10-17(11-9-12)15-7-5-4-6-14(15)13(2)16-3/h4-7,12-13,16H,8-11H2,1-3H3. The second kappa shape index (κ2) is 5.54. The minimum absolute atomic E-state index is 0.422. The molecule has 0 aliphatic carbocycles. The van der Waals surface area contributed by atoms with Gasteiger partial charge in [0.2, 0.25) is 0 Å². The Labute approximate surface area is 105 Å². The molecular formula is C15H24N2. The van der Waals surface area contributed by atoms with E-state index >= 15 is 0 Å². The van der Waals surface area contributed by atoms with E-state index in [1.54, 1.807) is 0 Å². The van der Waals surface area contributed by atoms with Gasteiger partial charge in [0.1, 0.15) is 0 Å². The van der Waals surface area contributed by atoms with Crippen LogP contribution in [0.3, 0.4) is 0 Å². The van der Waals surface area contributed by atoms with E-state index in [1.807, 2.05) is 7.05 Å². The summed E-state index contributed by atoms with van der Waals surface area (Å²) >= 11 is 0. The zero-order valence-corrected chi connectivity index (χ0v) is 11.2. The van der Waals surface area contributed by atoms with Crippen LogP contribution in [0.25, 0.3) is 0 Å². The Morgan fingerprint density at radius 2 is 1.88 bits per heavy atom. The normalized spacial score (nSPS) is 19.4. The van der Waals surface area contributed by atoms with Gasteiger partial charge in [-0.25, -0.2) is 0 Å². The molecule has 0 aromatic heterocycles. The number of nitrogens with zero attached hydrogens (tertiary/aromatic N) is 1. The van der Waals surface area contributed by atoms with Crippen molar-refractivity contribution in [2.75, 3.05) is 25.0 Å². The summed E-state index contributed by atoms with van der Waals surface area (Å²) in [7, 11) is 2.03. The number of hydrogen-bond acceptors (Lipinski definition) is 2. The molecule has 0 bridgehead atoms. The molecule has 0 amide bonds. The van der Waals surface area contributed by atoms with Gasteiger partial charge in [-0.3, -0.25) is 0 Å². The van der Waals surface area contributed by atoms with E-state index in [0.717, 1.165) is 5.92 Å². The summed E-state index contributed by atoms with van der Waals surface area (Å²) in [6.07, 6.45) is 2.64. The summed E-state index contributed by atoms with van der Waals surface area (Å²) in [5.41, 5.74) is 2.84. The molecule has 1 aliphatic rings. The molecule has 0 spiro atoms. The fourth-order valence-electron chi connectivity index (χ4n) is 2.55. The molecule has 1 atom stereocenters. The largest absolute Gasteiger partial charge is 0.371 e. The number of rotatable bonds is 3. The number of para-hydroxylation sites is 1. The Morgan fingerprint density at radius 1 is 1.24 bits per heavy atom. The number of hydrogen-bond donors (Lipinski definition) is 1. The molecule has 1 heterocycles. The molecule has 17 heavy (non-hydrogen) atoms. The van der Waals surface area contributed by atoms with Crippen molar-refractivity contribution in [3.63, 3.8) is 0 Å². The fourth-order valence-corrected chi connectivity index (χ4v) is 2.55. The second-order valence-corrected chi connectivity index (χ2v) is 5.24. The van der Waals surface area contributed by atoms with Crippen molar-refractivity contribution < 1.29 is 0 Å². The number of benzene rings is 1.